The van der Waals surface area contributed by atoms with Gasteiger partial charge in [-0.25, -0.2) is 0 Å². The van der Waals surface area contributed by atoms with Gasteiger partial charge in [-0.05, 0) is 24.0 Å². The van der Waals surface area contributed by atoms with Crippen LogP contribution in [0.25, 0.3) is 0 Å². The average molecular weight is 191 g/mol. The normalized spacial score (nSPS) is 21.8. The van der Waals surface area contributed by atoms with E-state index in [-0.39, 0.29) is 0 Å². The van der Waals surface area contributed by atoms with Gasteiger partial charge in [-0.3, -0.25) is 4.98 Å². The van der Waals surface area contributed by atoms with E-state index in [2.05, 4.69) is 31.0 Å². The molecule has 0 saturated carbocycles. The number of aromatic nitrogens is 1. The molecule has 1 saturated heterocycles. The predicted octanol–water partition coefficient (Wildman–Crippen LogP) is 2.71. The zero-order valence-electron chi connectivity index (χ0n) is 8.86. The van der Waals surface area contributed by atoms with Crippen LogP contribution in [0.3, 0.4) is 0 Å². The highest BCUT2D eigenvalue weighted by Gasteiger charge is 2.17. The first-order valence-electron chi connectivity index (χ1n) is 5.31. The average Bonchev–Trinajstić information content (AvgIpc) is 2.71. The molecule has 2 rings (SSSR count). The summed E-state index contributed by atoms with van der Waals surface area (Å²) in [5.74, 6) is 1.09. The Bertz CT molecular complexity index is 286. The van der Waals surface area contributed by atoms with E-state index in [1.165, 1.54) is 11.3 Å². The number of rotatable bonds is 2. The molecule has 1 aromatic heterocycles. The van der Waals surface area contributed by atoms with Crippen molar-refractivity contribution >= 4 is 0 Å². The van der Waals surface area contributed by atoms with Crippen molar-refractivity contribution in [3.05, 3.63) is 29.6 Å². The molecule has 0 N–H and O–H groups in total. The van der Waals surface area contributed by atoms with Gasteiger partial charge in [-0.15, -0.1) is 0 Å². The molecule has 1 aliphatic rings. The fraction of sp³-hybridized carbons (Fsp3) is 0.583. The Balaban J connectivity index is 2.12. The van der Waals surface area contributed by atoms with Crippen LogP contribution in [-0.4, -0.2) is 18.2 Å². The summed E-state index contributed by atoms with van der Waals surface area (Å²) in [6, 6.07) is 4.33. The number of hydrogen-bond donors (Lipinski definition) is 0. The molecule has 1 fully saturated rings. The largest absolute Gasteiger partial charge is 0.381 e. The van der Waals surface area contributed by atoms with Crippen LogP contribution in [0.15, 0.2) is 18.3 Å². The zero-order chi connectivity index (χ0) is 9.97. The molecule has 0 aliphatic carbocycles. The summed E-state index contributed by atoms with van der Waals surface area (Å²) in [5.41, 5.74) is 2.50. The van der Waals surface area contributed by atoms with E-state index in [0.717, 1.165) is 19.6 Å². The lowest BCUT2D eigenvalue weighted by molar-refractivity contribution is 0.194. The highest BCUT2D eigenvalue weighted by molar-refractivity contribution is 5.20. The Morgan fingerprint density at radius 2 is 2.29 bits per heavy atom. The van der Waals surface area contributed by atoms with Gasteiger partial charge in [0.05, 0.1) is 6.61 Å². The first-order valence-corrected chi connectivity index (χ1v) is 5.31. The molecule has 14 heavy (non-hydrogen) atoms. The minimum Gasteiger partial charge on any atom is -0.381 e. The SMILES string of the molecule is CC(C)c1ccc(C2CCOC2)cn1. The summed E-state index contributed by atoms with van der Waals surface area (Å²) >= 11 is 0. The van der Waals surface area contributed by atoms with Gasteiger partial charge in [0.25, 0.3) is 0 Å². The lowest BCUT2D eigenvalue weighted by Crippen LogP contribution is -2.00. The molecule has 0 aromatic carbocycles. The topological polar surface area (TPSA) is 22.1 Å². The molecule has 76 valence electrons. The second kappa shape index (κ2) is 4.09. The van der Waals surface area contributed by atoms with Crippen molar-refractivity contribution in [3.63, 3.8) is 0 Å². The summed E-state index contributed by atoms with van der Waals surface area (Å²) < 4.78 is 5.36. The first-order chi connectivity index (χ1) is 6.77. The Labute approximate surface area is 85.3 Å². The minimum atomic E-state index is 0.517. The van der Waals surface area contributed by atoms with E-state index in [9.17, 15) is 0 Å². The second-order valence-electron chi connectivity index (χ2n) is 4.23. The molecule has 2 heterocycles. The van der Waals surface area contributed by atoms with Crippen LogP contribution in [0.4, 0.5) is 0 Å². The second-order valence-corrected chi connectivity index (χ2v) is 4.23. The van der Waals surface area contributed by atoms with Crippen molar-refractivity contribution in [1.29, 1.82) is 0 Å². The van der Waals surface area contributed by atoms with Crippen LogP contribution in [0.2, 0.25) is 0 Å². The Morgan fingerprint density at radius 3 is 2.79 bits per heavy atom. The van der Waals surface area contributed by atoms with Crippen LogP contribution in [-0.2, 0) is 4.74 Å². The number of ether oxygens (including phenoxy) is 1. The van der Waals surface area contributed by atoms with Crippen molar-refractivity contribution in [1.82, 2.24) is 4.98 Å². The summed E-state index contributed by atoms with van der Waals surface area (Å²) in [6.07, 6.45) is 3.15. The van der Waals surface area contributed by atoms with Gasteiger partial charge in [0.2, 0.25) is 0 Å². The maximum atomic E-state index is 5.36. The third-order valence-corrected chi connectivity index (χ3v) is 2.80. The maximum Gasteiger partial charge on any atom is 0.0536 e. The van der Waals surface area contributed by atoms with Gasteiger partial charge in [0.15, 0.2) is 0 Å². The molecule has 1 aromatic rings. The molecule has 0 bridgehead atoms. The molecule has 2 heteroatoms. The molecule has 0 spiro atoms. The van der Waals surface area contributed by atoms with Crippen LogP contribution in [0.1, 0.15) is 43.4 Å². The molecule has 0 radical (unpaired) electrons. The number of nitrogens with zero attached hydrogens (tertiary/aromatic N) is 1. The van der Waals surface area contributed by atoms with Gasteiger partial charge < -0.3 is 4.74 Å². The lowest BCUT2D eigenvalue weighted by Gasteiger charge is -2.09. The van der Waals surface area contributed by atoms with Gasteiger partial charge in [-0.2, -0.15) is 0 Å². The van der Waals surface area contributed by atoms with Crippen molar-refractivity contribution in [2.45, 2.75) is 32.1 Å². The Hall–Kier alpha value is -0.890. The van der Waals surface area contributed by atoms with E-state index in [1.807, 2.05) is 6.20 Å². The van der Waals surface area contributed by atoms with E-state index in [4.69, 9.17) is 4.74 Å². The minimum absolute atomic E-state index is 0.517. The standard InChI is InChI=1S/C12H17NO/c1-9(2)12-4-3-10(7-13-12)11-5-6-14-8-11/h3-4,7,9,11H,5-6,8H2,1-2H3. The Morgan fingerprint density at radius 1 is 1.43 bits per heavy atom. The highest BCUT2D eigenvalue weighted by Crippen LogP contribution is 2.25. The van der Waals surface area contributed by atoms with Crippen LogP contribution in [0.5, 0.6) is 0 Å². The molecule has 0 amide bonds. The quantitative estimate of drug-likeness (QED) is 0.717. The predicted molar refractivity (Wildman–Crippen MR) is 56.5 cm³/mol. The number of pyridine rings is 1. The fourth-order valence-electron chi connectivity index (χ4n) is 1.80. The van der Waals surface area contributed by atoms with Crippen molar-refractivity contribution < 1.29 is 4.74 Å². The lowest BCUT2D eigenvalue weighted by atomic mass is 9.99. The fourth-order valence-corrected chi connectivity index (χ4v) is 1.80. The molecule has 2 nitrogen and oxygen atoms in total. The molecular formula is C12H17NO. The summed E-state index contributed by atoms with van der Waals surface area (Å²) in [4.78, 5) is 4.47. The van der Waals surface area contributed by atoms with Gasteiger partial charge in [0.1, 0.15) is 0 Å². The van der Waals surface area contributed by atoms with Crippen molar-refractivity contribution in [3.8, 4) is 0 Å². The number of hydrogen-bond acceptors (Lipinski definition) is 2. The Kier molecular flexibility index (Phi) is 2.82. The van der Waals surface area contributed by atoms with Crippen LogP contribution < -0.4 is 0 Å². The van der Waals surface area contributed by atoms with Gasteiger partial charge in [-0.1, -0.05) is 19.9 Å². The molecule has 1 atom stereocenters. The van der Waals surface area contributed by atoms with E-state index in [0.29, 0.717) is 11.8 Å². The zero-order valence-corrected chi connectivity index (χ0v) is 8.86. The maximum absolute atomic E-state index is 5.36. The van der Waals surface area contributed by atoms with Crippen molar-refractivity contribution in [2.75, 3.05) is 13.2 Å². The highest BCUT2D eigenvalue weighted by atomic mass is 16.5. The van der Waals surface area contributed by atoms with Crippen LogP contribution >= 0.6 is 0 Å². The molecule has 1 aliphatic heterocycles. The van der Waals surface area contributed by atoms with E-state index >= 15 is 0 Å². The van der Waals surface area contributed by atoms with Gasteiger partial charge >= 0.3 is 0 Å². The van der Waals surface area contributed by atoms with E-state index in [1.54, 1.807) is 0 Å². The first kappa shape index (κ1) is 9.66. The third-order valence-electron chi connectivity index (χ3n) is 2.80. The summed E-state index contributed by atoms with van der Waals surface area (Å²) in [6.45, 7) is 6.10. The van der Waals surface area contributed by atoms with Crippen molar-refractivity contribution in [2.24, 2.45) is 0 Å². The van der Waals surface area contributed by atoms with Gasteiger partial charge in [0, 0.05) is 24.4 Å². The third kappa shape index (κ3) is 1.95. The van der Waals surface area contributed by atoms with E-state index < -0.39 is 0 Å². The summed E-state index contributed by atoms with van der Waals surface area (Å²) in [5, 5.41) is 0. The smallest absolute Gasteiger partial charge is 0.0536 e. The summed E-state index contributed by atoms with van der Waals surface area (Å²) in [7, 11) is 0. The molecule has 1 unspecified atom stereocenters. The molecular weight excluding hydrogens is 174 g/mol. The van der Waals surface area contributed by atoms with Crippen LogP contribution in [0, 0.1) is 0 Å². The monoisotopic (exact) mass is 191 g/mol.